The summed E-state index contributed by atoms with van der Waals surface area (Å²) < 4.78 is 2.00. The molecule has 3 aromatic heterocycles. The van der Waals surface area contributed by atoms with Gasteiger partial charge in [0.25, 0.3) is 0 Å². The van der Waals surface area contributed by atoms with Crippen LogP contribution in [0, 0.1) is 5.92 Å². The van der Waals surface area contributed by atoms with Crippen molar-refractivity contribution in [3.05, 3.63) is 36.4 Å². The Labute approximate surface area is 159 Å². The molecule has 0 unspecified atom stereocenters. The van der Waals surface area contributed by atoms with Crippen LogP contribution < -0.4 is 15.5 Å². The second kappa shape index (κ2) is 7.15. The zero-order chi connectivity index (χ0) is 19.0. The van der Waals surface area contributed by atoms with E-state index in [4.69, 9.17) is 4.98 Å². The topological polar surface area (TPSA) is 70.9 Å². The van der Waals surface area contributed by atoms with Gasteiger partial charge >= 0.3 is 0 Å². The number of fused-ring (bicyclic) bond motifs is 1. The van der Waals surface area contributed by atoms with E-state index < -0.39 is 0 Å². The number of nitrogens with one attached hydrogen (secondary N) is 2. The molecule has 1 fully saturated rings. The van der Waals surface area contributed by atoms with Gasteiger partial charge in [0.05, 0.1) is 29.9 Å². The molecule has 0 amide bonds. The quantitative estimate of drug-likeness (QED) is 0.724. The van der Waals surface area contributed by atoms with Crippen LogP contribution in [0.15, 0.2) is 30.9 Å². The maximum absolute atomic E-state index is 4.73. The lowest BCUT2D eigenvalue weighted by atomic mass is 10.1. The van der Waals surface area contributed by atoms with E-state index in [1.54, 1.807) is 12.5 Å². The largest absolute Gasteiger partial charge is 0.355 e. The van der Waals surface area contributed by atoms with Crippen LogP contribution in [0.25, 0.3) is 11.0 Å². The summed E-state index contributed by atoms with van der Waals surface area (Å²) in [6, 6.07) is 4.75. The maximum Gasteiger partial charge on any atom is 0.132 e. The van der Waals surface area contributed by atoms with E-state index in [-0.39, 0.29) is 0 Å². The smallest absolute Gasteiger partial charge is 0.132 e. The summed E-state index contributed by atoms with van der Waals surface area (Å²) in [7, 11) is 4.02. The Hall–Kier alpha value is -2.67. The molecule has 0 bridgehead atoms. The molecule has 1 aliphatic rings. The van der Waals surface area contributed by atoms with Crippen molar-refractivity contribution >= 4 is 28.4 Å². The molecule has 1 saturated heterocycles. The second-order valence-corrected chi connectivity index (χ2v) is 7.37. The van der Waals surface area contributed by atoms with Crippen LogP contribution in [0.5, 0.6) is 0 Å². The predicted molar refractivity (Wildman–Crippen MR) is 110 cm³/mol. The number of hydrogen-bond donors (Lipinski definition) is 2. The lowest BCUT2D eigenvalue weighted by molar-refractivity contribution is 0.490. The van der Waals surface area contributed by atoms with Gasteiger partial charge in [-0.2, -0.15) is 0 Å². The number of pyridine rings is 2. The molecule has 3 aromatic rings. The number of anilines is 3. The summed E-state index contributed by atoms with van der Waals surface area (Å²) in [4.78, 5) is 15.9. The van der Waals surface area contributed by atoms with Crippen LogP contribution in [0.3, 0.4) is 0 Å². The first-order valence-electron chi connectivity index (χ1n) is 9.54. The Balaban J connectivity index is 1.58. The summed E-state index contributed by atoms with van der Waals surface area (Å²) in [5, 5.41) is 6.84. The highest BCUT2D eigenvalue weighted by molar-refractivity contribution is 5.78. The van der Waals surface area contributed by atoms with Crippen LogP contribution >= 0.6 is 0 Å². The molecule has 2 N–H and O–H groups in total. The van der Waals surface area contributed by atoms with Gasteiger partial charge in [-0.1, -0.05) is 13.8 Å². The van der Waals surface area contributed by atoms with Crippen molar-refractivity contribution in [3.8, 4) is 0 Å². The first-order valence-corrected chi connectivity index (χ1v) is 9.54. The molecule has 2 atom stereocenters. The monoisotopic (exact) mass is 365 g/mol. The molecule has 142 valence electrons. The van der Waals surface area contributed by atoms with Crippen molar-refractivity contribution in [1.29, 1.82) is 0 Å². The Bertz CT molecular complexity index is 949. The Morgan fingerprint density at radius 2 is 2.00 bits per heavy atom. The average molecular weight is 365 g/mol. The van der Waals surface area contributed by atoms with Crippen molar-refractivity contribution < 1.29 is 0 Å². The standard InChI is InChI=1S/C20H27N7/c1-5-14-6-20(27-10-13(2)17(11-27)21-3)23-8-15(14)25-19-7-18-16(9-22-19)24-12-26(18)4/h6-9,12-13,17,21H,5,10-11H2,1-4H3,(H,22,25)/t13-,17+/m0/s1. The van der Waals surface area contributed by atoms with Crippen molar-refractivity contribution in [3.63, 3.8) is 0 Å². The molecule has 0 saturated carbocycles. The third kappa shape index (κ3) is 3.35. The number of hydrogen-bond acceptors (Lipinski definition) is 6. The highest BCUT2D eigenvalue weighted by Gasteiger charge is 2.29. The number of imidazole rings is 1. The number of aryl methyl sites for hydroxylation is 2. The first-order chi connectivity index (χ1) is 13.1. The second-order valence-electron chi connectivity index (χ2n) is 7.37. The van der Waals surface area contributed by atoms with Crippen LogP contribution in [0.4, 0.5) is 17.3 Å². The van der Waals surface area contributed by atoms with Gasteiger partial charge < -0.3 is 20.1 Å². The normalized spacial score (nSPS) is 19.8. The van der Waals surface area contributed by atoms with E-state index in [1.165, 1.54) is 5.56 Å². The first kappa shape index (κ1) is 17.7. The lowest BCUT2D eigenvalue weighted by Crippen LogP contribution is -2.32. The zero-order valence-corrected chi connectivity index (χ0v) is 16.4. The van der Waals surface area contributed by atoms with Gasteiger partial charge in [-0.25, -0.2) is 15.0 Å². The van der Waals surface area contributed by atoms with Gasteiger partial charge in [0, 0.05) is 32.2 Å². The van der Waals surface area contributed by atoms with Crippen LogP contribution in [-0.4, -0.2) is 45.7 Å². The minimum Gasteiger partial charge on any atom is -0.355 e. The molecular formula is C20H27N7. The van der Waals surface area contributed by atoms with Crippen molar-refractivity contribution in [2.75, 3.05) is 30.4 Å². The van der Waals surface area contributed by atoms with E-state index in [0.29, 0.717) is 12.0 Å². The highest BCUT2D eigenvalue weighted by atomic mass is 15.2. The van der Waals surface area contributed by atoms with Crippen LogP contribution in [0.1, 0.15) is 19.4 Å². The van der Waals surface area contributed by atoms with E-state index >= 15 is 0 Å². The van der Waals surface area contributed by atoms with Gasteiger partial charge in [-0.15, -0.1) is 0 Å². The minimum atomic E-state index is 0.518. The predicted octanol–water partition coefficient (Wildman–Crippen LogP) is 2.71. The Kier molecular flexibility index (Phi) is 4.70. The summed E-state index contributed by atoms with van der Waals surface area (Å²) in [6.45, 7) is 6.50. The molecule has 0 spiro atoms. The van der Waals surface area contributed by atoms with Gasteiger partial charge in [-0.3, -0.25) is 0 Å². The van der Waals surface area contributed by atoms with Crippen LogP contribution in [0.2, 0.25) is 0 Å². The molecular weight excluding hydrogens is 338 g/mol. The summed E-state index contributed by atoms with van der Waals surface area (Å²) in [5.74, 6) is 2.48. The highest BCUT2D eigenvalue weighted by Crippen LogP contribution is 2.28. The van der Waals surface area contributed by atoms with E-state index in [1.807, 2.05) is 30.9 Å². The SMILES string of the molecule is CCc1cc(N2C[C@H](C)[C@H](NC)C2)ncc1Nc1cc2c(cn1)ncn2C. The van der Waals surface area contributed by atoms with Crippen molar-refractivity contribution in [1.82, 2.24) is 24.8 Å². The van der Waals surface area contributed by atoms with E-state index in [2.05, 4.69) is 45.4 Å². The number of aromatic nitrogens is 4. The fraction of sp³-hybridized carbons (Fsp3) is 0.450. The van der Waals surface area contributed by atoms with E-state index in [9.17, 15) is 0 Å². The van der Waals surface area contributed by atoms with Gasteiger partial charge in [0.15, 0.2) is 0 Å². The summed E-state index contributed by atoms with van der Waals surface area (Å²) in [6.07, 6.45) is 6.47. The summed E-state index contributed by atoms with van der Waals surface area (Å²) in [5.41, 5.74) is 4.20. The Morgan fingerprint density at radius 1 is 1.15 bits per heavy atom. The van der Waals surface area contributed by atoms with Crippen molar-refractivity contribution in [2.24, 2.45) is 13.0 Å². The lowest BCUT2D eigenvalue weighted by Gasteiger charge is -2.19. The molecule has 1 aliphatic heterocycles. The average Bonchev–Trinajstić information content (AvgIpc) is 3.24. The molecule has 0 aliphatic carbocycles. The van der Waals surface area contributed by atoms with Gasteiger partial charge in [0.1, 0.15) is 17.2 Å². The molecule has 0 aromatic carbocycles. The third-order valence-electron chi connectivity index (χ3n) is 5.54. The number of rotatable bonds is 5. The third-order valence-corrected chi connectivity index (χ3v) is 5.54. The van der Waals surface area contributed by atoms with Gasteiger partial charge in [0.2, 0.25) is 0 Å². The molecule has 27 heavy (non-hydrogen) atoms. The zero-order valence-electron chi connectivity index (χ0n) is 16.4. The molecule has 4 heterocycles. The molecule has 4 rings (SSSR count). The summed E-state index contributed by atoms with van der Waals surface area (Å²) >= 11 is 0. The fourth-order valence-corrected chi connectivity index (χ4v) is 3.83. The molecule has 7 heteroatoms. The van der Waals surface area contributed by atoms with Gasteiger partial charge in [-0.05, 0) is 31.0 Å². The van der Waals surface area contributed by atoms with E-state index in [0.717, 1.165) is 47.9 Å². The number of nitrogens with zero attached hydrogens (tertiary/aromatic N) is 5. The Morgan fingerprint density at radius 3 is 2.74 bits per heavy atom. The fourth-order valence-electron chi connectivity index (χ4n) is 3.83. The molecule has 0 radical (unpaired) electrons. The maximum atomic E-state index is 4.73. The van der Waals surface area contributed by atoms with Crippen molar-refractivity contribution in [2.45, 2.75) is 26.3 Å². The number of likely N-dealkylation sites (N-methyl/N-ethyl adjacent to an activating group) is 1. The molecule has 7 nitrogen and oxygen atoms in total. The van der Waals surface area contributed by atoms with Crippen LogP contribution in [-0.2, 0) is 13.5 Å². The minimum absolute atomic E-state index is 0.518.